The molecular formula is C13H29N3O2S. The van der Waals surface area contributed by atoms with Gasteiger partial charge in [-0.2, -0.15) is 0 Å². The van der Waals surface area contributed by atoms with Crippen molar-refractivity contribution in [1.29, 1.82) is 0 Å². The van der Waals surface area contributed by atoms with Gasteiger partial charge in [0, 0.05) is 31.7 Å². The smallest absolute Gasteiger partial charge is 0.211 e. The molecule has 114 valence electrons. The number of sulfonamides is 1. The molecule has 6 heteroatoms. The predicted octanol–water partition coefficient (Wildman–Crippen LogP) is 0.717. The molecule has 1 aliphatic rings. The van der Waals surface area contributed by atoms with Crippen LogP contribution in [-0.2, 0) is 10.0 Å². The number of nitrogens with zero attached hydrogens (tertiary/aromatic N) is 2. The minimum absolute atomic E-state index is 0.00731. The van der Waals surface area contributed by atoms with Crippen LogP contribution in [0.2, 0.25) is 0 Å². The number of rotatable bonds is 6. The Bertz CT molecular complexity index is 379. The quantitative estimate of drug-likeness (QED) is 0.783. The summed E-state index contributed by atoms with van der Waals surface area (Å²) < 4.78 is 24.9. The fourth-order valence-corrected chi connectivity index (χ4v) is 3.60. The normalized spacial score (nSPS) is 25.5. The van der Waals surface area contributed by atoms with Gasteiger partial charge in [0.15, 0.2) is 0 Å². The summed E-state index contributed by atoms with van der Waals surface area (Å²) in [7, 11) is -0.958. The van der Waals surface area contributed by atoms with Crippen molar-refractivity contribution in [3.63, 3.8) is 0 Å². The van der Waals surface area contributed by atoms with Crippen LogP contribution in [0.15, 0.2) is 0 Å². The molecule has 19 heavy (non-hydrogen) atoms. The van der Waals surface area contributed by atoms with Crippen LogP contribution in [0.25, 0.3) is 0 Å². The zero-order valence-corrected chi connectivity index (χ0v) is 13.5. The van der Waals surface area contributed by atoms with E-state index >= 15 is 0 Å². The van der Waals surface area contributed by atoms with Crippen LogP contribution in [0.5, 0.6) is 0 Å². The maximum Gasteiger partial charge on any atom is 0.211 e. The minimum atomic E-state index is -3.05. The van der Waals surface area contributed by atoms with Crippen molar-refractivity contribution in [3.05, 3.63) is 0 Å². The van der Waals surface area contributed by atoms with E-state index in [1.807, 2.05) is 0 Å². The van der Waals surface area contributed by atoms with Crippen LogP contribution in [0.4, 0.5) is 0 Å². The van der Waals surface area contributed by atoms with Crippen LogP contribution < -0.4 is 5.73 Å². The van der Waals surface area contributed by atoms with Crippen LogP contribution in [0.1, 0.15) is 33.1 Å². The van der Waals surface area contributed by atoms with Gasteiger partial charge in [-0.3, -0.25) is 4.90 Å². The molecular weight excluding hydrogens is 262 g/mol. The Morgan fingerprint density at radius 2 is 2.11 bits per heavy atom. The van der Waals surface area contributed by atoms with Gasteiger partial charge in [-0.15, -0.1) is 0 Å². The molecule has 5 nitrogen and oxygen atoms in total. The van der Waals surface area contributed by atoms with Gasteiger partial charge >= 0.3 is 0 Å². The van der Waals surface area contributed by atoms with E-state index in [4.69, 9.17) is 5.73 Å². The second-order valence-corrected chi connectivity index (χ2v) is 8.05. The molecule has 1 heterocycles. The van der Waals surface area contributed by atoms with Crippen LogP contribution in [-0.4, -0.2) is 62.6 Å². The first-order valence-corrected chi connectivity index (χ1v) is 8.94. The molecule has 0 saturated carbocycles. The minimum Gasteiger partial charge on any atom is -0.329 e. The van der Waals surface area contributed by atoms with Gasteiger partial charge in [0.1, 0.15) is 0 Å². The van der Waals surface area contributed by atoms with E-state index in [1.165, 1.54) is 6.26 Å². The van der Waals surface area contributed by atoms with Gasteiger partial charge < -0.3 is 5.73 Å². The molecule has 1 saturated heterocycles. The Balaban J connectivity index is 2.62. The van der Waals surface area contributed by atoms with Crippen molar-refractivity contribution in [3.8, 4) is 0 Å². The van der Waals surface area contributed by atoms with E-state index in [2.05, 4.69) is 25.8 Å². The third-order valence-corrected chi connectivity index (χ3v) is 5.88. The number of nitrogens with two attached hydrogens (primary N) is 1. The molecule has 2 unspecified atom stereocenters. The molecule has 0 aromatic carbocycles. The lowest BCUT2D eigenvalue weighted by Gasteiger charge is -2.41. The number of hydrogen-bond acceptors (Lipinski definition) is 4. The highest BCUT2D eigenvalue weighted by Gasteiger charge is 2.31. The predicted molar refractivity (Wildman–Crippen MR) is 79.5 cm³/mol. The molecule has 1 aliphatic heterocycles. The highest BCUT2D eigenvalue weighted by molar-refractivity contribution is 7.88. The Morgan fingerprint density at radius 1 is 1.47 bits per heavy atom. The number of hydrogen-bond donors (Lipinski definition) is 1. The molecule has 0 aromatic heterocycles. The average molecular weight is 291 g/mol. The SMILES string of the molecule is CCC(C)(CN)N(C)CC1CCCN(S(C)(=O)=O)C1. The number of piperidine rings is 1. The van der Waals surface area contributed by atoms with E-state index in [-0.39, 0.29) is 5.54 Å². The summed E-state index contributed by atoms with van der Waals surface area (Å²) in [5, 5.41) is 0. The summed E-state index contributed by atoms with van der Waals surface area (Å²) in [6.07, 6.45) is 4.36. The lowest BCUT2D eigenvalue weighted by atomic mass is 9.93. The van der Waals surface area contributed by atoms with Crippen LogP contribution in [0, 0.1) is 5.92 Å². The fourth-order valence-electron chi connectivity index (χ4n) is 2.65. The van der Waals surface area contributed by atoms with E-state index in [9.17, 15) is 8.42 Å². The molecule has 0 amide bonds. The molecule has 0 aliphatic carbocycles. The molecule has 1 fully saturated rings. The summed E-state index contributed by atoms with van der Waals surface area (Å²) in [4.78, 5) is 2.30. The topological polar surface area (TPSA) is 66.6 Å². The lowest BCUT2D eigenvalue weighted by molar-refractivity contribution is 0.100. The van der Waals surface area contributed by atoms with E-state index in [1.54, 1.807) is 4.31 Å². The molecule has 0 radical (unpaired) electrons. The van der Waals surface area contributed by atoms with Crippen molar-refractivity contribution in [1.82, 2.24) is 9.21 Å². The van der Waals surface area contributed by atoms with Crippen molar-refractivity contribution in [2.45, 2.75) is 38.6 Å². The Hall–Kier alpha value is -0.170. The highest BCUT2D eigenvalue weighted by Crippen LogP contribution is 2.23. The standard InChI is InChI=1S/C13H29N3O2S/c1-5-13(2,11-14)15(3)9-12-7-6-8-16(10-12)19(4,17)18/h12H,5-11,14H2,1-4H3. The highest BCUT2D eigenvalue weighted by atomic mass is 32.2. The molecule has 0 bridgehead atoms. The zero-order valence-electron chi connectivity index (χ0n) is 12.7. The lowest BCUT2D eigenvalue weighted by Crippen LogP contribution is -2.52. The first-order valence-electron chi connectivity index (χ1n) is 7.09. The van der Waals surface area contributed by atoms with Crippen LogP contribution >= 0.6 is 0 Å². The van der Waals surface area contributed by atoms with Crippen molar-refractivity contribution < 1.29 is 8.42 Å². The fraction of sp³-hybridized carbons (Fsp3) is 1.00. The first kappa shape index (κ1) is 16.9. The van der Waals surface area contributed by atoms with Gasteiger partial charge in [0.25, 0.3) is 0 Å². The molecule has 0 aromatic rings. The van der Waals surface area contributed by atoms with Gasteiger partial charge in [-0.1, -0.05) is 6.92 Å². The summed E-state index contributed by atoms with van der Waals surface area (Å²) in [5.41, 5.74) is 5.88. The largest absolute Gasteiger partial charge is 0.329 e. The zero-order chi connectivity index (χ0) is 14.7. The van der Waals surface area contributed by atoms with Gasteiger partial charge in [0.05, 0.1) is 6.26 Å². The van der Waals surface area contributed by atoms with Gasteiger partial charge in [-0.05, 0) is 39.2 Å². The van der Waals surface area contributed by atoms with Crippen LogP contribution in [0.3, 0.4) is 0 Å². The van der Waals surface area contributed by atoms with Gasteiger partial charge in [0.2, 0.25) is 10.0 Å². The number of likely N-dealkylation sites (N-methyl/N-ethyl adjacent to an activating group) is 1. The molecule has 0 spiro atoms. The maximum atomic E-state index is 11.6. The van der Waals surface area contributed by atoms with E-state index in [0.717, 1.165) is 25.8 Å². The second kappa shape index (κ2) is 6.52. The Kier molecular flexibility index (Phi) is 5.79. The summed E-state index contributed by atoms with van der Waals surface area (Å²) in [5.74, 6) is 0.408. The Labute approximate surface area is 118 Å². The Morgan fingerprint density at radius 3 is 2.58 bits per heavy atom. The van der Waals surface area contributed by atoms with Crippen molar-refractivity contribution in [2.75, 3.05) is 39.5 Å². The molecule has 1 rings (SSSR count). The van der Waals surface area contributed by atoms with E-state index < -0.39 is 10.0 Å². The van der Waals surface area contributed by atoms with Gasteiger partial charge in [-0.25, -0.2) is 12.7 Å². The monoisotopic (exact) mass is 291 g/mol. The first-order chi connectivity index (χ1) is 8.73. The maximum absolute atomic E-state index is 11.6. The third kappa shape index (κ3) is 4.41. The van der Waals surface area contributed by atoms with Crippen molar-refractivity contribution >= 4 is 10.0 Å². The summed E-state index contributed by atoms with van der Waals surface area (Å²) in [6.45, 7) is 7.17. The van der Waals surface area contributed by atoms with Crippen molar-refractivity contribution in [2.24, 2.45) is 11.7 Å². The molecule has 2 atom stereocenters. The summed E-state index contributed by atoms with van der Waals surface area (Å²) in [6, 6.07) is 0. The summed E-state index contributed by atoms with van der Waals surface area (Å²) >= 11 is 0. The molecule has 2 N–H and O–H groups in total. The second-order valence-electron chi connectivity index (χ2n) is 6.06. The average Bonchev–Trinajstić information content (AvgIpc) is 2.37. The van der Waals surface area contributed by atoms with E-state index in [0.29, 0.717) is 25.6 Å². The third-order valence-electron chi connectivity index (χ3n) is 4.61.